The van der Waals surface area contributed by atoms with E-state index in [2.05, 4.69) is 44.3 Å². The van der Waals surface area contributed by atoms with Crippen LogP contribution in [0.3, 0.4) is 0 Å². The fourth-order valence-corrected chi connectivity index (χ4v) is 2.91. The molecule has 1 amide bonds. The van der Waals surface area contributed by atoms with Gasteiger partial charge in [-0.2, -0.15) is 0 Å². The number of ether oxygens (including phenoxy) is 1. The Bertz CT molecular complexity index is 496. The largest absolute Gasteiger partial charge is 0.378 e. The minimum Gasteiger partial charge on any atom is -0.378 e. The van der Waals surface area contributed by atoms with Gasteiger partial charge < -0.3 is 9.64 Å². The third kappa shape index (κ3) is 4.05. The van der Waals surface area contributed by atoms with Crippen molar-refractivity contribution in [3.63, 3.8) is 0 Å². The monoisotopic (exact) mass is 290 g/mol. The molecule has 0 spiro atoms. The van der Waals surface area contributed by atoms with Crippen molar-refractivity contribution in [1.29, 1.82) is 0 Å². The molecule has 0 aliphatic carbocycles. The molecule has 116 valence electrons. The van der Waals surface area contributed by atoms with Crippen LogP contribution in [0.4, 0.5) is 0 Å². The second-order valence-electron chi connectivity index (χ2n) is 5.91. The Morgan fingerprint density at radius 2 is 1.90 bits per heavy atom. The number of carbonyl (C=O) groups excluding carboxylic acids is 1. The van der Waals surface area contributed by atoms with Crippen molar-refractivity contribution in [3.8, 4) is 0 Å². The van der Waals surface area contributed by atoms with E-state index in [-0.39, 0.29) is 18.0 Å². The summed E-state index contributed by atoms with van der Waals surface area (Å²) in [6.07, 6.45) is 0. The van der Waals surface area contributed by atoms with Gasteiger partial charge >= 0.3 is 0 Å². The van der Waals surface area contributed by atoms with E-state index in [1.165, 1.54) is 16.7 Å². The number of hydrogen-bond acceptors (Lipinski definition) is 3. The number of benzene rings is 1. The zero-order valence-corrected chi connectivity index (χ0v) is 13.5. The lowest BCUT2D eigenvalue weighted by molar-refractivity contribution is -0.137. The van der Waals surface area contributed by atoms with Crippen molar-refractivity contribution in [2.45, 2.75) is 39.8 Å². The van der Waals surface area contributed by atoms with Gasteiger partial charge in [0.15, 0.2) is 0 Å². The summed E-state index contributed by atoms with van der Waals surface area (Å²) in [4.78, 5) is 14.3. The van der Waals surface area contributed by atoms with Crippen LogP contribution in [-0.4, -0.2) is 43.2 Å². The van der Waals surface area contributed by atoms with Crippen LogP contribution in [0.2, 0.25) is 0 Å². The minimum absolute atomic E-state index is 0.158. The lowest BCUT2D eigenvalue weighted by atomic mass is 9.99. The summed E-state index contributed by atoms with van der Waals surface area (Å²) < 4.78 is 5.29. The Kier molecular flexibility index (Phi) is 5.37. The highest BCUT2D eigenvalue weighted by Crippen LogP contribution is 2.19. The van der Waals surface area contributed by atoms with Gasteiger partial charge in [-0.15, -0.1) is 0 Å². The van der Waals surface area contributed by atoms with Crippen molar-refractivity contribution in [2.24, 2.45) is 0 Å². The molecule has 4 heteroatoms. The smallest absolute Gasteiger partial charge is 0.239 e. The molecule has 1 N–H and O–H groups in total. The molecule has 1 fully saturated rings. The predicted octanol–water partition coefficient (Wildman–Crippen LogP) is 2.20. The molecule has 1 aliphatic rings. The van der Waals surface area contributed by atoms with E-state index >= 15 is 0 Å². The summed E-state index contributed by atoms with van der Waals surface area (Å²) in [5.41, 5.74) is 3.78. The molecule has 1 aliphatic heterocycles. The number of carbonyl (C=O) groups is 1. The van der Waals surface area contributed by atoms with Crippen molar-refractivity contribution >= 4 is 5.91 Å². The van der Waals surface area contributed by atoms with Gasteiger partial charge in [0.2, 0.25) is 5.91 Å². The molecule has 0 saturated carbocycles. The third-order valence-corrected chi connectivity index (χ3v) is 4.08. The van der Waals surface area contributed by atoms with E-state index in [1.54, 1.807) is 0 Å². The molecule has 1 aromatic rings. The SMILES string of the molecule is Cc1ccc(C(C)NC(C)C(=O)N2CCOCC2)c(C)c1. The number of amides is 1. The van der Waals surface area contributed by atoms with Gasteiger partial charge in [0.25, 0.3) is 0 Å². The Hall–Kier alpha value is -1.39. The Morgan fingerprint density at radius 3 is 2.52 bits per heavy atom. The molecule has 0 bridgehead atoms. The van der Waals surface area contributed by atoms with E-state index < -0.39 is 0 Å². The van der Waals surface area contributed by atoms with Gasteiger partial charge in [0.1, 0.15) is 0 Å². The normalized spacial score (nSPS) is 18.4. The zero-order valence-electron chi connectivity index (χ0n) is 13.5. The lowest BCUT2D eigenvalue weighted by Crippen LogP contribution is -2.49. The van der Waals surface area contributed by atoms with E-state index in [0.29, 0.717) is 26.3 Å². The summed E-state index contributed by atoms with van der Waals surface area (Å²) in [7, 11) is 0. The summed E-state index contributed by atoms with van der Waals surface area (Å²) in [6.45, 7) is 11.0. The number of nitrogens with zero attached hydrogens (tertiary/aromatic N) is 1. The Morgan fingerprint density at radius 1 is 1.24 bits per heavy atom. The number of morpholine rings is 1. The maximum absolute atomic E-state index is 12.4. The molecule has 4 nitrogen and oxygen atoms in total. The summed E-state index contributed by atoms with van der Waals surface area (Å²) in [6, 6.07) is 6.43. The van der Waals surface area contributed by atoms with Gasteiger partial charge in [-0.1, -0.05) is 23.8 Å². The maximum atomic E-state index is 12.4. The fourth-order valence-electron chi connectivity index (χ4n) is 2.91. The molecule has 1 aromatic carbocycles. The van der Waals surface area contributed by atoms with Gasteiger partial charge in [-0.05, 0) is 38.8 Å². The zero-order chi connectivity index (χ0) is 15.4. The lowest BCUT2D eigenvalue weighted by Gasteiger charge is -2.31. The molecule has 2 unspecified atom stereocenters. The first kappa shape index (κ1) is 16.0. The van der Waals surface area contributed by atoms with Crippen LogP contribution in [0.5, 0.6) is 0 Å². The molecule has 0 radical (unpaired) electrons. The summed E-state index contributed by atoms with van der Waals surface area (Å²) >= 11 is 0. The van der Waals surface area contributed by atoms with E-state index in [4.69, 9.17) is 4.74 Å². The average Bonchev–Trinajstić information content (AvgIpc) is 2.47. The molecule has 2 rings (SSSR count). The second kappa shape index (κ2) is 7.05. The average molecular weight is 290 g/mol. The Labute approximate surface area is 127 Å². The first-order valence-corrected chi connectivity index (χ1v) is 7.68. The molecule has 0 aromatic heterocycles. The second-order valence-corrected chi connectivity index (χ2v) is 5.91. The molecular formula is C17H26N2O2. The highest BCUT2D eigenvalue weighted by atomic mass is 16.5. The van der Waals surface area contributed by atoms with Gasteiger partial charge in [-0.25, -0.2) is 0 Å². The van der Waals surface area contributed by atoms with Crippen molar-refractivity contribution in [3.05, 3.63) is 34.9 Å². The number of aryl methyl sites for hydroxylation is 2. The highest BCUT2D eigenvalue weighted by Gasteiger charge is 2.23. The van der Waals surface area contributed by atoms with Crippen LogP contribution in [0.25, 0.3) is 0 Å². The predicted molar refractivity (Wildman–Crippen MR) is 84.3 cm³/mol. The minimum atomic E-state index is -0.182. The maximum Gasteiger partial charge on any atom is 0.239 e. The van der Waals surface area contributed by atoms with Gasteiger partial charge in [0.05, 0.1) is 19.3 Å². The van der Waals surface area contributed by atoms with E-state index in [0.717, 1.165) is 0 Å². The van der Waals surface area contributed by atoms with E-state index in [1.807, 2.05) is 11.8 Å². The summed E-state index contributed by atoms with van der Waals surface area (Å²) in [5.74, 6) is 0.162. The van der Waals surface area contributed by atoms with Gasteiger partial charge in [-0.3, -0.25) is 10.1 Å². The van der Waals surface area contributed by atoms with Gasteiger partial charge in [0, 0.05) is 19.1 Å². The number of nitrogens with one attached hydrogen (secondary N) is 1. The van der Waals surface area contributed by atoms with E-state index in [9.17, 15) is 4.79 Å². The van der Waals surface area contributed by atoms with Crippen LogP contribution in [0, 0.1) is 13.8 Å². The van der Waals surface area contributed by atoms with Crippen LogP contribution >= 0.6 is 0 Å². The first-order valence-electron chi connectivity index (χ1n) is 7.68. The van der Waals surface area contributed by atoms with Crippen molar-refractivity contribution in [2.75, 3.05) is 26.3 Å². The molecule has 21 heavy (non-hydrogen) atoms. The topological polar surface area (TPSA) is 41.6 Å². The first-order chi connectivity index (χ1) is 9.99. The highest BCUT2D eigenvalue weighted by molar-refractivity contribution is 5.81. The number of hydrogen-bond donors (Lipinski definition) is 1. The van der Waals surface area contributed by atoms with Crippen molar-refractivity contribution in [1.82, 2.24) is 10.2 Å². The van der Waals surface area contributed by atoms with Crippen LogP contribution in [0.1, 0.15) is 36.6 Å². The fraction of sp³-hybridized carbons (Fsp3) is 0.588. The number of rotatable bonds is 4. The quantitative estimate of drug-likeness (QED) is 0.924. The molecular weight excluding hydrogens is 264 g/mol. The molecule has 2 atom stereocenters. The van der Waals surface area contributed by atoms with Crippen LogP contribution in [-0.2, 0) is 9.53 Å². The summed E-state index contributed by atoms with van der Waals surface area (Å²) in [5, 5.41) is 3.42. The Balaban J connectivity index is 1.97. The molecule has 1 heterocycles. The standard InChI is InChI=1S/C17H26N2O2/c1-12-5-6-16(13(2)11-12)14(3)18-15(4)17(20)19-7-9-21-10-8-19/h5-6,11,14-15,18H,7-10H2,1-4H3. The van der Waals surface area contributed by atoms with Crippen molar-refractivity contribution < 1.29 is 9.53 Å². The van der Waals surface area contributed by atoms with Crippen LogP contribution < -0.4 is 5.32 Å². The molecule has 1 saturated heterocycles. The van der Waals surface area contributed by atoms with Crippen LogP contribution in [0.15, 0.2) is 18.2 Å². The third-order valence-electron chi connectivity index (χ3n) is 4.08.